The highest BCUT2D eigenvalue weighted by atomic mass is 32.1. The SMILES string of the molecule is CCC1(C(=O)NCc2ccsc2)CCNCC1. The maximum absolute atomic E-state index is 12.3. The quantitative estimate of drug-likeness (QED) is 0.862. The Bertz CT molecular complexity index is 356. The number of rotatable bonds is 4. The Morgan fingerprint density at radius 3 is 2.88 bits per heavy atom. The molecule has 0 aliphatic carbocycles. The Labute approximate surface area is 107 Å². The van der Waals surface area contributed by atoms with Gasteiger partial charge in [-0.1, -0.05) is 6.92 Å². The van der Waals surface area contributed by atoms with E-state index in [-0.39, 0.29) is 11.3 Å². The average molecular weight is 252 g/mol. The summed E-state index contributed by atoms with van der Waals surface area (Å²) in [4.78, 5) is 12.3. The van der Waals surface area contributed by atoms with Gasteiger partial charge in [-0.3, -0.25) is 4.79 Å². The largest absolute Gasteiger partial charge is 0.352 e. The van der Waals surface area contributed by atoms with Gasteiger partial charge in [-0.2, -0.15) is 11.3 Å². The highest BCUT2D eigenvalue weighted by molar-refractivity contribution is 7.07. The first-order chi connectivity index (χ1) is 8.27. The molecule has 2 N–H and O–H groups in total. The third-order valence-corrected chi connectivity index (χ3v) is 4.48. The van der Waals surface area contributed by atoms with Crippen molar-refractivity contribution >= 4 is 17.2 Å². The summed E-state index contributed by atoms with van der Waals surface area (Å²) < 4.78 is 0. The standard InChI is InChI=1S/C13H20N2OS/c1-2-13(4-6-14-7-5-13)12(16)15-9-11-3-8-17-10-11/h3,8,10,14H,2,4-7,9H2,1H3,(H,15,16). The van der Waals surface area contributed by atoms with E-state index in [1.165, 1.54) is 5.56 Å². The molecule has 0 radical (unpaired) electrons. The maximum atomic E-state index is 12.3. The Balaban J connectivity index is 1.93. The summed E-state index contributed by atoms with van der Waals surface area (Å²) in [6.45, 7) is 4.70. The molecule has 1 fully saturated rings. The van der Waals surface area contributed by atoms with Gasteiger partial charge in [-0.25, -0.2) is 0 Å². The lowest BCUT2D eigenvalue weighted by Crippen LogP contribution is -2.47. The van der Waals surface area contributed by atoms with E-state index in [9.17, 15) is 4.79 Å². The van der Waals surface area contributed by atoms with E-state index in [2.05, 4.69) is 29.0 Å². The molecule has 1 aromatic rings. The van der Waals surface area contributed by atoms with Crippen LogP contribution in [0.5, 0.6) is 0 Å². The van der Waals surface area contributed by atoms with E-state index in [1.54, 1.807) is 11.3 Å². The molecule has 0 saturated carbocycles. The Morgan fingerprint density at radius 1 is 1.53 bits per heavy atom. The molecule has 1 amide bonds. The molecule has 2 rings (SSSR count). The summed E-state index contributed by atoms with van der Waals surface area (Å²) in [7, 11) is 0. The third-order valence-electron chi connectivity index (χ3n) is 3.75. The Morgan fingerprint density at radius 2 is 2.29 bits per heavy atom. The fraction of sp³-hybridized carbons (Fsp3) is 0.615. The van der Waals surface area contributed by atoms with Crippen LogP contribution in [-0.4, -0.2) is 19.0 Å². The van der Waals surface area contributed by atoms with Gasteiger partial charge in [0.2, 0.25) is 5.91 Å². The minimum atomic E-state index is -0.138. The molecule has 94 valence electrons. The number of carbonyl (C=O) groups is 1. The van der Waals surface area contributed by atoms with Crippen LogP contribution in [0, 0.1) is 5.41 Å². The van der Waals surface area contributed by atoms with E-state index in [0.717, 1.165) is 32.4 Å². The predicted octanol–water partition coefficient (Wildman–Crippen LogP) is 2.14. The van der Waals surface area contributed by atoms with Gasteiger partial charge in [0.05, 0.1) is 5.41 Å². The third kappa shape index (κ3) is 2.87. The number of amides is 1. The van der Waals surface area contributed by atoms with Gasteiger partial charge in [-0.15, -0.1) is 0 Å². The van der Waals surface area contributed by atoms with Crippen LogP contribution in [0.15, 0.2) is 16.8 Å². The fourth-order valence-corrected chi connectivity index (χ4v) is 3.08. The van der Waals surface area contributed by atoms with Crippen molar-refractivity contribution in [3.05, 3.63) is 22.4 Å². The normalized spacial score (nSPS) is 18.9. The molecule has 0 atom stereocenters. The molecule has 4 heteroatoms. The molecule has 1 aliphatic heterocycles. The second-order valence-electron chi connectivity index (χ2n) is 4.70. The van der Waals surface area contributed by atoms with Crippen LogP contribution < -0.4 is 10.6 Å². The molecule has 1 aromatic heterocycles. The number of thiophene rings is 1. The lowest BCUT2D eigenvalue weighted by Gasteiger charge is -2.35. The van der Waals surface area contributed by atoms with Gasteiger partial charge in [0.1, 0.15) is 0 Å². The smallest absolute Gasteiger partial charge is 0.226 e. The van der Waals surface area contributed by atoms with Gasteiger partial charge in [0.25, 0.3) is 0 Å². The fourth-order valence-electron chi connectivity index (χ4n) is 2.41. The van der Waals surface area contributed by atoms with Gasteiger partial charge >= 0.3 is 0 Å². The first-order valence-electron chi connectivity index (χ1n) is 6.27. The number of hydrogen-bond acceptors (Lipinski definition) is 3. The highest BCUT2D eigenvalue weighted by Crippen LogP contribution is 2.32. The van der Waals surface area contributed by atoms with Crippen molar-refractivity contribution in [3.8, 4) is 0 Å². The van der Waals surface area contributed by atoms with Crippen LogP contribution >= 0.6 is 11.3 Å². The van der Waals surface area contributed by atoms with Gasteiger partial charge in [0, 0.05) is 6.54 Å². The minimum absolute atomic E-state index is 0.138. The zero-order valence-corrected chi connectivity index (χ0v) is 11.1. The monoisotopic (exact) mass is 252 g/mol. The van der Waals surface area contributed by atoms with Crippen LogP contribution in [-0.2, 0) is 11.3 Å². The molecule has 1 aliphatic rings. The number of nitrogens with one attached hydrogen (secondary N) is 2. The second-order valence-corrected chi connectivity index (χ2v) is 5.48. The molecule has 17 heavy (non-hydrogen) atoms. The molecule has 3 nitrogen and oxygen atoms in total. The van der Waals surface area contributed by atoms with Crippen molar-refractivity contribution < 1.29 is 4.79 Å². The van der Waals surface area contributed by atoms with Crippen molar-refractivity contribution in [2.75, 3.05) is 13.1 Å². The Hall–Kier alpha value is -0.870. The summed E-state index contributed by atoms with van der Waals surface area (Å²) in [5.74, 6) is 0.229. The van der Waals surface area contributed by atoms with E-state index >= 15 is 0 Å². The van der Waals surface area contributed by atoms with E-state index in [4.69, 9.17) is 0 Å². The van der Waals surface area contributed by atoms with Crippen molar-refractivity contribution in [1.82, 2.24) is 10.6 Å². The van der Waals surface area contributed by atoms with Crippen LogP contribution in [0.3, 0.4) is 0 Å². The zero-order chi connectivity index (χ0) is 12.1. The van der Waals surface area contributed by atoms with Crippen LogP contribution in [0.25, 0.3) is 0 Å². The first kappa shape index (κ1) is 12.6. The van der Waals surface area contributed by atoms with E-state index in [0.29, 0.717) is 6.54 Å². The molecule has 0 unspecified atom stereocenters. The molecule has 2 heterocycles. The van der Waals surface area contributed by atoms with Crippen molar-refractivity contribution in [1.29, 1.82) is 0 Å². The lowest BCUT2D eigenvalue weighted by atomic mass is 9.76. The summed E-state index contributed by atoms with van der Waals surface area (Å²) in [5, 5.41) is 10.5. The zero-order valence-electron chi connectivity index (χ0n) is 10.3. The van der Waals surface area contributed by atoms with Crippen LogP contribution in [0.1, 0.15) is 31.7 Å². The predicted molar refractivity (Wildman–Crippen MR) is 71.0 cm³/mol. The second kappa shape index (κ2) is 5.65. The van der Waals surface area contributed by atoms with Crippen LogP contribution in [0.2, 0.25) is 0 Å². The molecule has 0 aromatic carbocycles. The summed E-state index contributed by atoms with van der Waals surface area (Å²) in [5.41, 5.74) is 1.06. The van der Waals surface area contributed by atoms with Crippen LogP contribution in [0.4, 0.5) is 0 Å². The van der Waals surface area contributed by atoms with E-state index in [1.807, 2.05) is 5.38 Å². The van der Waals surface area contributed by atoms with Crippen molar-refractivity contribution in [2.45, 2.75) is 32.7 Å². The molecular weight excluding hydrogens is 232 g/mol. The topological polar surface area (TPSA) is 41.1 Å². The first-order valence-corrected chi connectivity index (χ1v) is 7.21. The van der Waals surface area contributed by atoms with Gasteiger partial charge in [0.15, 0.2) is 0 Å². The number of piperidine rings is 1. The maximum Gasteiger partial charge on any atom is 0.226 e. The van der Waals surface area contributed by atoms with Gasteiger partial charge < -0.3 is 10.6 Å². The lowest BCUT2D eigenvalue weighted by molar-refractivity contribution is -0.133. The molecular formula is C13H20N2OS. The van der Waals surface area contributed by atoms with Gasteiger partial charge in [-0.05, 0) is 54.7 Å². The highest BCUT2D eigenvalue weighted by Gasteiger charge is 2.37. The Kier molecular flexibility index (Phi) is 4.18. The summed E-state index contributed by atoms with van der Waals surface area (Å²) in [6.07, 6.45) is 2.85. The minimum Gasteiger partial charge on any atom is -0.352 e. The molecule has 0 bridgehead atoms. The summed E-state index contributed by atoms with van der Waals surface area (Å²) >= 11 is 1.67. The summed E-state index contributed by atoms with van der Waals surface area (Å²) in [6, 6.07) is 2.06. The number of hydrogen-bond donors (Lipinski definition) is 2. The number of carbonyl (C=O) groups excluding carboxylic acids is 1. The van der Waals surface area contributed by atoms with Crippen molar-refractivity contribution in [3.63, 3.8) is 0 Å². The average Bonchev–Trinajstić information content (AvgIpc) is 2.90. The van der Waals surface area contributed by atoms with E-state index < -0.39 is 0 Å². The molecule has 0 spiro atoms. The molecule has 1 saturated heterocycles. The van der Waals surface area contributed by atoms with Crippen molar-refractivity contribution in [2.24, 2.45) is 5.41 Å².